The van der Waals surface area contributed by atoms with Gasteiger partial charge in [0.15, 0.2) is 5.58 Å². The number of hydrogen-bond acceptors (Lipinski definition) is 3. The third-order valence-corrected chi connectivity index (χ3v) is 3.48. The summed E-state index contributed by atoms with van der Waals surface area (Å²) in [4.78, 5) is 12.2. The van der Waals surface area contributed by atoms with Crippen molar-refractivity contribution in [3.8, 4) is 11.1 Å². The van der Waals surface area contributed by atoms with Crippen LogP contribution in [0.5, 0.6) is 0 Å². The van der Waals surface area contributed by atoms with E-state index in [1.165, 1.54) is 18.4 Å². The summed E-state index contributed by atoms with van der Waals surface area (Å²) in [6.07, 6.45) is 1.50. The van der Waals surface area contributed by atoms with E-state index < -0.39 is 5.63 Å². The number of para-hydroxylation sites is 1. The van der Waals surface area contributed by atoms with Crippen molar-refractivity contribution in [2.24, 2.45) is 0 Å². The Kier molecular flexibility index (Phi) is 2.44. The van der Waals surface area contributed by atoms with Crippen molar-refractivity contribution in [3.63, 3.8) is 0 Å². The Labute approximate surface area is 118 Å². The summed E-state index contributed by atoms with van der Waals surface area (Å²) in [5.41, 5.74) is 1.81. The molecule has 0 saturated carbocycles. The molecule has 2 aromatic heterocycles. The first-order valence-electron chi connectivity index (χ1n) is 6.43. The molecule has 2 heterocycles. The zero-order chi connectivity index (χ0) is 14.4. The van der Waals surface area contributed by atoms with Gasteiger partial charge in [-0.25, -0.2) is 9.18 Å². The van der Waals surface area contributed by atoms with Crippen molar-refractivity contribution < 1.29 is 13.2 Å². The lowest BCUT2D eigenvalue weighted by atomic mass is 10.1. The lowest BCUT2D eigenvalue weighted by Crippen LogP contribution is -1.99. The summed E-state index contributed by atoms with van der Waals surface area (Å²) in [6.45, 7) is 0. The molecule has 2 aromatic carbocycles. The topological polar surface area (TPSA) is 43.4 Å². The van der Waals surface area contributed by atoms with E-state index in [0.717, 1.165) is 5.39 Å². The first-order valence-corrected chi connectivity index (χ1v) is 6.43. The average molecular weight is 280 g/mol. The van der Waals surface area contributed by atoms with Crippen LogP contribution < -0.4 is 5.63 Å². The SMILES string of the molecule is O=c1oc2ccccc2c2occ(-c3ccc(F)cc3)c12. The Balaban J connectivity index is 2.11. The molecule has 0 fully saturated rings. The summed E-state index contributed by atoms with van der Waals surface area (Å²) >= 11 is 0. The molecule has 102 valence electrons. The highest BCUT2D eigenvalue weighted by molar-refractivity contribution is 6.06. The first-order chi connectivity index (χ1) is 10.2. The molecule has 4 aromatic rings. The molecule has 0 aliphatic carbocycles. The second-order valence-corrected chi connectivity index (χ2v) is 4.75. The molecule has 0 amide bonds. The van der Waals surface area contributed by atoms with Gasteiger partial charge < -0.3 is 8.83 Å². The Morgan fingerprint density at radius 2 is 1.71 bits per heavy atom. The van der Waals surface area contributed by atoms with E-state index in [1.54, 1.807) is 24.3 Å². The van der Waals surface area contributed by atoms with Gasteiger partial charge in [0.1, 0.15) is 16.8 Å². The summed E-state index contributed by atoms with van der Waals surface area (Å²) in [6, 6.07) is 13.1. The van der Waals surface area contributed by atoms with E-state index in [2.05, 4.69) is 0 Å². The normalized spacial score (nSPS) is 11.3. The molecule has 0 aliphatic heterocycles. The van der Waals surface area contributed by atoms with Gasteiger partial charge in [0.05, 0.1) is 11.6 Å². The quantitative estimate of drug-likeness (QED) is 0.487. The predicted molar refractivity (Wildman–Crippen MR) is 77.7 cm³/mol. The van der Waals surface area contributed by atoms with Crippen molar-refractivity contribution in [2.75, 3.05) is 0 Å². The van der Waals surface area contributed by atoms with Gasteiger partial charge in [-0.05, 0) is 29.8 Å². The summed E-state index contributed by atoms with van der Waals surface area (Å²) in [5, 5.41) is 1.11. The second-order valence-electron chi connectivity index (χ2n) is 4.75. The van der Waals surface area contributed by atoms with E-state index in [9.17, 15) is 9.18 Å². The minimum Gasteiger partial charge on any atom is -0.463 e. The first kappa shape index (κ1) is 11.9. The molecule has 21 heavy (non-hydrogen) atoms. The number of benzene rings is 2. The van der Waals surface area contributed by atoms with Crippen molar-refractivity contribution >= 4 is 21.9 Å². The molecule has 0 atom stereocenters. The van der Waals surface area contributed by atoms with Crippen molar-refractivity contribution in [3.05, 3.63) is 71.0 Å². The molecule has 0 unspecified atom stereocenters. The third-order valence-electron chi connectivity index (χ3n) is 3.48. The van der Waals surface area contributed by atoms with E-state index in [-0.39, 0.29) is 5.82 Å². The van der Waals surface area contributed by atoms with Gasteiger partial charge in [0, 0.05) is 5.56 Å². The van der Waals surface area contributed by atoms with Crippen molar-refractivity contribution in [2.45, 2.75) is 0 Å². The molecule has 0 spiro atoms. The molecule has 0 bridgehead atoms. The average Bonchev–Trinajstić information content (AvgIpc) is 2.94. The molecular weight excluding hydrogens is 271 g/mol. The van der Waals surface area contributed by atoms with Crippen LogP contribution in [0, 0.1) is 5.82 Å². The van der Waals surface area contributed by atoms with E-state index >= 15 is 0 Å². The summed E-state index contributed by atoms with van der Waals surface area (Å²) < 4.78 is 23.9. The number of furan rings is 1. The zero-order valence-electron chi connectivity index (χ0n) is 10.8. The molecule has 0 saturated heterocycles. The van der Waals surface area contributed by atoms with Gasteiger partial charge in [0.25, 0.3) is 0 Å². The predicted octanol–water partition coefficient (Wildman–Crippen LogP) is 4.35. The minimum atomic E-state index is -0.461. The maximum Gasteiger partial charge on any atom is 0.348 e. The van der Waals surface area contributed by atoms with Crippen LogP contribution in [0.15, 0.2) is 68.4 Å². The highest BCUT2D eigenvalue weighted by Crippen LogP contribution is 2.32. The fourth-order valence-electron chi connectivity index (χ4n) is 2.49. The minimum absolute atomic E-state index is 0.330. The van der Waals surface area contributed by atoms with Gasteiger partial charge >= 0.3 is 5.63 Å². The molecule has 4 rings (SSSR count). The van der Waals surface area contributed by atoms with Gasteiger partial charge in [-0.15, -0.1) is 0 Å². The fourth-order valence-corrected chi connectivity index (χ4v) is 2.49. The van der Waals surface area contributed by atoms with Crippen molar-refractivity contribution in [1.29, 1.82) is 0 Å². The Bertz CT molecular complexity index is 1010. The van der Waals surface area contributed by atoms with Crippen LogP contribution in [0.25, 0.3) is 33.1 Å². The Hall–Kier alpha value is -2.88. The maximum absolute atomic E-state index is 13.0. The lowest BCUT2D eigenvalue weighted by molar-refractivity contribution is 0.564. The monoisotopic (exact) mass is 280 g/mol. The van der Waals surface area contributed by atoms with Crippen molar-refractivity contribution in [1.82, 2.24) is 0 Å². The highest BCUT2D eigenvalue weighted by atomic mass is 19.1. The number of halogens is 1. The van der Waals surface area contributed by atoms with Crippen LogP contribution in [0.1, 0.15) is 0 Å². The standard InChI is InChI=1S/C17H9FO3/c18-11-7-5-10(6-8-11)13-9-20-16-12-3-1-2-4-14(12)21-17(19)15(13)16/h1-9H. The van der Waals surface area contributed by atoms with Gasteiger partial charge in [-0.2, -0.15) is 0 Å². The zero-order valence-corrected chi connectivity index (χ0v) is 10.8. The van der Waals surface area contributed by atoms with E-state index in [0.29, 0.717) is 27.7 Å². The number of fused-ring (bicyclic) bond motifs is 3. The fraction of sp³-hybridized carbons (Fsp3) is 0. The molecule has 0 N–H and O–H groups in total. The van der Waals surface area contributed by atoms with Crippen LogP contribution in [0.2, 0.25) is 0 Å². The number of hydrogen-bond donors (Lipinski definition) is 0. The maximum atomic E-state index is 13.0. The van der Waals surface area contributed by atoms with Gasteiger partial charge in [-0.3, -0.25) is 0 Å². The molecule has 4 heteroatoms. The van der Waals surface area contributed by atoms with Crippen LogP contribution in [0.3, 0.4) is 0 Å². The Morgan fingerprint density at radius 3 is 2.52 bits per heavy atom. The van der Waals surface area contributed by atoms with E-state index in [1.807, 2.05) is 12.1 Å². The molecule has 0 radical (unpaired) electrons. The molecular formula is C17H9FO3. The second kappa shape index (κ2) is 4.31. The molecule has 3 nitrogen and oxygen atoms in total. The van der Waals surface area contributed by atoms with Gasteiger partial charge in [-0.1, -0.05) is 24.3 Å². The van der Waals surface area contributed by atoms with Crippen LogP contribution in [-0.4, -0.2) is 0 Å². The number of rotatable bonds is 1. The smallest absolute Gasteiger partial charge is 0.348 e. The summed E-state index contributed by atoms with van der Waals surface area (Å²) in [5.74, 6) is -0.330. The van der Waals surface area contributed by atoms with Crippen LogP contribution >= 0.6 is 0 Å². The molecule has 0 aliphatic rings. The van der Waals surface area contributed by atoms with Gasteiger partial charge in [0.2, 0.25) is 0 Å². The lowest BCUT2D eigenvalue weighted by Gasteiger charge is -1.99. The largest absolute Gasteiger partial charge is 0.463 e. The van der Waals surface area contributed by atoms with E-state index in [4.69, 9.17) is 8.83 Å². The third kappa shape index (κ3) is 1.76. The highest BCUT2D eigenvalue weighted by Gasteiger charge is 2.16. The Morgan fingerprint density at radius 1 is 0.952 bits per heavy atom. The van der Waals surface area contributed by atoms with Crippen LogP contribution in [-0.2, 0) is 0 Å². The summed E-state index contributed by atoms with van der Waals surface area (Å²) in [7, 11) is 0. The van der Waals surface area contributed by atoms with Crippen LogP contribution in [0.4, 0.5) is 4.39 Å².